The first-order valence-corrected chi connectivity index (χ1v) is 3.88. The van der Waals surface area contributed by atoms with E-state index in [0.717, 1.165) is 31.4 Å². The standard InChI is InChI=1S/C8H11NO2/c10-8(3-4-8)2-1-7-5-9-6-11-7/h5-6,10H,1-4H2. The SMILES string of the molecule is OC1(CCc2cnco2)CC1. The second kappa shape index (κ2) is 2.34. The lowest BCUT2D eigenvalue weighted by Crippen LogP contribution is -2.07. The summed E-state index contributed by atoms with van der Waals surface area (Å²) in [6, 6.07) is 0. The van der Waals surface area contributed by atoms with Gasteiger partial charge in [0.25, 0.3) is 0 Å². The number of oxazole rings is 1. The van der Waals surface area contributed by atoms with Gasteiger partial charge in [-0.05, 0) is 19.3 Å². The van der Waals surface area contributed by atoms with Gasteiger partial charge in [0.2, 0.25) is 0 Å². The van der Waals surface area contributed by atoms with Crippen molar-refractivity contribution in [1.82, 2.24) is 4.98 Å². The Labute approximate surface area is 65.1 Å². The van der Waals surface area contributed by atoms with E-state index >= 15 is 0 Å². The van der Waals surface area contributed by atoms with Crippen molar-refractivity contribution in [3.8, 4) is 0 Å². The maximum Gasteiger partial charge on any atom is 0.180 e. The van der Waals surface area contributed by atoms with Crippen LogP contribution in [0.5, 0.6) is 0 Å². The van der Waals surface area contributed by atoms with E-state index in [4.69, 9.17) is 4.42 Å². The quantitative estimate of drug-likeness (QED) is 0.708. The molecule has 0 radical (unpaired) electrons. The van der Waals surface area contributed by atoms with Crippen LogP contribution in [0.15, 0.2) is 17.0 Å². The molecule has 60 valence electrons. The average molecular weight is 153 g/mol. The summed E-state index contributed by atoms with van der Waals surface area (Å²) in [6.07, 6.45) is 6.62. The third-order valence-electron chi connectivity index (χ3n) is 2.15. The molecule has 1 fully saturated rings. The number of hydrogen-bond donors (Lipinski definition) is 1. The number of aryl methyl sites for hydroxylation is 1. The zero-order valence-electron chi connectivity index (χ0n) is 6.29. The Morgan fingerprint density at radius 2 is 2.45 bits per heavy atom. The van der Waals surface area contributed by atoms with Gasteiger partial charge >= 0.3 is 0 Å². The van der Waals surface area contributed by atoms with Gasteiger partial charge in [0.05, 0.1) is 11.8 Å². The van der Waals surface area contributed by atoms with Crippen LogP contribution in [-0.2, 0) is 6.42 Å². The van der Waals surface area contributed by atoms with E-state index in [1.165, 1.54) is 6.39 Å². The zero-order valence-corrected chi connectivity index (χ0v) is 6.29. The van der Waals surface area contributed by atoms with Gasteiger partial charge in [0.15, 0.2) is 6.39 Å². The topological polar surface area (TPSA) is 46.3 Å². The molecular weight excluding hydrogens is 142 g/mol. The second-order valence-electron chi connectivity index (χ2n) is 3.19. The third kappa shape index (κ3) is 1.60. The molecule has 2 rings (SSSR count). The van der Waals surface area contributed by atoms with Crippen LogP contribution in [0.1, 0.15) is 25.0 Å². The Balaban J connectivity index is 1.83. The average Bonchev–Trinajstić information content (AvgIpc) is 2.53. The molecule has 0 aromatic carbocycles. The molecule has 0 unspecified atom stereocenters. The highest BCUT2D eigenvalue weighted by Crippen LogP contribution is 2.39. The van der Waals surface area contributed by atoms with Gasteiger partial charge in [-0.1, -0.05) is 0 Å². The lowest BCUT2D eigenvalue weighted by atomic mass is 10.1. The highest BCUT2D eigenvalue weighted by atomic mass is 16.3. The Bertz CT molecular complexity index is 226. The van der Waals surface area contributed by atoms with Crippen LogP contribution in [-0.4, -0.2) is 15.7 Å². The first-order chi connectivity index (χ1) is 5.29. The Kier molecular flexibility index (Phi) is 1.46. The van der Waals surface area contributed by atoms with Crippen molar-refractivity contribution in [2.45, 2.75) is 31.3 Å². The van der Waals surface area contributed by atoms with E-state index in [0.29, 0.717) is 0 Å². The highest BCUT2D eigenvalue weighted by molar-refractivity contribution is 4.98. The smallest absolute Gasteiger partial charge is 0.180 e. The van der Waals surface area contributed by atoms with Gasteiger partial charge in [0.1, 0.15) is 5.76 Å². The minimum atomic E-state index is -0.368. The van der Waals surface area contributed by atoms with Crippen molar-refractivity contribution in [2.24, 2.45) is 0 Å². The summed E-state index contributed by atoms with van der Waals surface area (Å²) in [4.78, 5) is 3.79. The fourth-order valence-electron chi connectivity index (χ4n) is 1.12. The van der Waals surface area contributed by atoms with Gasteiger partial charge in [-0.15, -0.1) is 0 Å². The van der Waals surface area contributed by atoms with Crippen molar-refractivity contribution in [1.29, 1.82) is 0 Å². The Morgan fingerprint density at radius 3 is 3.00 bits per heavy atom. The first-order valence-electron chi connectivity index (χ1n) is 3.88. The summed E-state index contributed by atoms with van der Waals surface area (Å²) in [5, 5.41) is 9.47. The fourth-order valence-corrected chi connectivity index (χ4v) is 1.12. The summed E-state index contributed by atoms with van der Waals surface area (Å²) in [6.45, 7) is 0. The lowest BCUT2D eigenvalue weighted by Gasteiger charge is -2.03. The molecule has 0 bridgehead atoms. The Hall–Kier alpha value is -0.830. The van der Waals surface area contributed by atoms with Gasteiger partial charge in [0, 0.05) is 6.42 Å². The molecule has 3 heteroatoms. The van der Waals surface area contributed by atoms with Crippen LogP contribution >= 0.6 is 0 Å². The first kappa shape index (κ1) is 6.85. The molecule has 1 saturated carbocycles. The van der Waals surface area contributed by atoms with Gasteiger partial charge in [-0.3, -0.25) is 0 Å². The van der Waals surface area contributed by atoms with Crippen molar-refractivity contribution in [3.05, 3.63) is 18.4 Å². The maximum absolute atomic E-state index is 9.47. The highest BCUT2D eigenvalue weighted by Gasteiger charge is 2.39. The summed E-state index contributed by atoms with van der Waals surface area (Å²) in [5.41, 5.74) is -0.368. The summed E-state index contributed by atoms with van der Waals surface area (Å²) in [7, 11) is 0. The fraction of sp³-hybridized carbons (Fsp3) is 0.625. The molecule has 0 aliphatic heterocycles. The van der Waals surface area contributed by atoms with Gasteiger partial charge in [-0.2, -0.15) is 0 Å². The Morgan fingerprint density at radius 1 is 1.64 bits per heavy atom. The van der Waals surface area contributed by atoms with Crippen LogP contribution in [0, 0.1) is 0 Å². The molecule has 1 aliphatic rings. The molecule has 1 N–H and O–H groups in total. The van der Waals surface area contributed by atoms with Crippen molar-refractivity contribution >= 4 is 0 Å². The van der Waals surface area contributed by atoms with Crippen molar-refractivity contribution in [3.63, 3.8) is 0 Å². The van der Waals surface area contributed by atoms with Crippen molar-refractivity contribution < 1.29 is 9.52 Å². The predicted molar refractivity (Wildman–Crippen MR) is 39.0 cm³/mol. The minimum Gasteiger partial charge on any atom is -0.449 e. The maximum atomic E-state index is 9.47. The number of nitrogens with zero attached hydrogens (tertiary/aromatic N) is 1. The van der Waals surface area contributed by atoms with E-state index in [2.05, 4.69) is 4.98 Å². The number of aliphatic hydroxyl groups is 1. The van der Waals surface area contributed by atoms with Crippen LogP contribution in [0.3, 0.4) is 0 Å². The zero-order chi connectivity index (χ0) is 7.73. The summed E-state index contributed by atoms with van der Waals surface area (Å²) in [5.74, 6) is 0.866. The molecule has 11 heavy (non-hydrogen) atoms. The summed E-state index contributed by atoms with van der Waals surface area (Å²) < 4.78 is 5.03. The summed E-state index contributed by atoms with van der Waals surface area (Å²) >= 11 is 0. The van der Waals surface area contributed by atoms with Crippen LogP contribution in [0.2, 0.25) is 0 Å². The van der Waals surface area contributed by atoms with Crippen LogP contribution in [0.25, 0.3) is 0 Å². The van der Waals surface area contributed by atoms with E-state index in [1.54, 1.807) is 6.20 Å². The van der Waals surface area contributed by atoms with Gasteiger partial charge in [-0.25, -0.2) is 4.98 Å². The van der Waals surface area contributed by atoms with Crippen molar-refractivity contribution in [2.75, 3.05) is 0 Å². The van der Waals surface area contributed by atoms with E-state index in [9.17, 15) is 5.11 Å². The molecule has 1 aromatic rings. The van der Waals surface area contributed by atoms with Crippen LogP contribution in [0.4, 0.5) is 0 Å². The number of aromatic nitrogens is 1. The molecule has 0 amide bonds. The molecule has 0 saturated heterocycles. The molecular formula is C8H11NO2. The largest absolute Gasteiger partial charge is 0.449 e. The normalized spacial score (nSPS) is 20.1. The van der Waals surface area contributed by atoms with E-state index in [1.807, 2.05) is 0 Å². The number of hydrogen-bond acceptors (Lipinski definition) is 3. The molecule has 0 spiro atoms. The molecule has 1 aromatic heterocycles. The van der Waals surface area contributed by atoms with E-state index in [-0.39, 0.29) is 5.60 Å². The molecule has 1 aliphatic carbocycles. The second-order valence-corrected chi connectivity index (χ2v) is 3.19. The van der Waals surface area contributed by atoms with Gasteiger partial charge < -0.3 is 9.52 Å². The monoisotopic (exact) mass is 153 g/mol. The van der Waals surface area contributed by atoms with E-state index < -0.39 is 0 Å². The third-order valence-corrected chi connectivity index (χ3v) is 2.15. The minimum absolute atomic E-state index is 0.368. The lowest BCUT2D eigenvalue weighted by molar-refractivity contribution is 0.138. The molecule has 1 heterocycles. The van der Waals surface area contributed by atoms with Crippen LogP contribution < -0.4 is 0 Å². The molecule has 0 atom stereocenters. The number of rotatable bonds is 3. The molecule has 3 nitrogen and oxygen atoms in total. The predicted octanol–water partition coefficient (Wildman–Crippen LogP) is 1.13.